The summed E-state index contributed by atoms with van der Waals surface area (Å²) < 4.78 is 28.5. The van der Waals surface area contributed by atoms with Gasteiger partial charge >= 0.3 is 0 Å². The number of aromatic nitrogens is 1. The Hall–Kier alpha value is -1.10. The predicted octanol–water partition coefficient (Wildman–Crippen LogP) is 2.90. The second kappa shape index (κ2) is 12.5. The Bertz CT molecular complexity index is 704. The number of rotatable bonds is 8. The standard InChI is InChI=1S/C19H32N4O3S.HI/c1-15(11-12-27(3,24)25)23-19(20-2)22-14-16-9-10-18(21-13-16)26-17-7-5-4-6-8-17;/h9-10,13,15,17H,4-8,11-12,14H2,1-3H3,(H2,20,22,23);1H. The Morgan fingerprint density at radius 2 is 2.04 bits per heavy atom. The molecule has 0 radical (unpaired) electrons. The second-order valence-corrected chi connectivity index (χ2v) is 9.53. The third-order valence-corrected chi connectivity index (χ3v) is 5.60. The smallest absolute Gasteiger partial charge is 0.213 e. The topological polar surface area (TPSA) is 92.7 Å². The molecule has 1 aromatic heterocycles. The summed E-state index contributed by atoms with van der Waals surface area (Å²) in [5.74, 6) is 1.48. The highest BCUT2D eigenvalue weighted by Crippen LogP contribution is 2.22. The number of guanidine groups is 1. The van der Waals surface area contributed by atoms with Crippen molar-refractivity contribution < 1.29 is 13.2 Å². The van der Waals surface area contributed by atoms with E-state index < -0.39 is 9.84 Å². The molecule has 28 heavy (non-hydrogen) atoms. The van der Waals surface area contributed by atoms with Crippen LogP contribution in [0.2, 0.25) is 0 Å². The Kier molecular flexibility index (Phi) is 11.1. The van der Waals surface area contributed by atoms with Gasteiger partial charge in [0, 0.05) is 38.2 Å². The molecule has 1 saturated carbocycles. The molecule has 1 aliphatic carbocycles. The van der Waals surface area contributed by atoms with Gasteiger partial charge in [0.05, 0.1) is 5.75 Å². The summed E-state index contributed by atoms with van der Waals surface area (Å²) >= 11 is 0. The first-order chi connectivity index (χ1) is 12.9. The molecule has 2 N–H and O–H groups in total. The maximum absolute atomic E-state index is 11.3. The van der Waals surface area contributed by atoms with Gasteiger partial charge in [-0.25, -0.2) is 13.4 Å². The Labute approximate surface area is 186 Å². The summed E-state index contributed by atoms with van der Waals surface area (Å²) in [6.45, 7) is 2.52. The van der Waals surface area contributed by atoms with Crippen molar-refractivity contribution in [3.63, 3.8) is 0 Å². The molecule has 0 aliphatic heterocycles. The summed E-state index contributed by atoms with van der Waals surface area (Å²) in [6.07, 6.45) is 9.91. The number of pyridine rings is 1. The van der Waals surface area contributed by atoms with Gasteiger partial charge in [0.1, 0.15) is 15.9 Å². The van der Waals surface area contributed by atoms with E-state index in [1.165, 1.54) is 25.5 Å². The number of nitrogens with zero attached hydrogens (tertiary/aromatic N) is 2. The minimum atomic E-state index is -2.95. The molecule has 0 spiro atoms. The highest BCUT2D eigenvalue weighted by molar-refractivity contribution is 14.0. The summed E-state index contributed by atoms with van der Waals surface area (Å²) in [5, 5.41) is 6.43. The van der Waals surface area contributed by atoms with E-state index in [4.69, 9.17) is 4.74 Å². The molecule has 2 rings (SSSR count). The lowest BCUT2D eigenvalue weighted by molar-refractivity contribution is 0.148. The van der Waals surface area contributed by atoms with Crippen LogP contribution in [0.4, 0.5) is 0 Å². The van der Waals surface area contributed by atoms with Crippen molar-refractivity contribution in [3.05, 3.63) is 23.9 Å². The van der Waals surface area contributed by atoms with Gasteiger partial charge < -0.3 is 15.4 Å². The molecule has 0 bridgehead atoms. The van der Waals surface area contributed by atoms with Gasteiger partial charge in [-0.2, -0.15) is 0 Å². The maximum atomic E-state index is 11.3. The van der Waals surface area contributed by atoms with Crippen LogP contribution < -0.4 is 15.4 Å². The number of hydrogen-bond donors (Lipinski definition) is 2. The van der Waals surface area contributed by atoms with Gasteiger partial charge in [0.25, 0.3) is 0 Å². The highest BCUT2D eigenvalue weighted by atomic mass is 127. The minimum Gasteiger partial charge on any atom is -0.474 e. The predicted molar refractivity (Wildman–Crippen MR) is 124 cm³/mol. The zero-order valence-corrected chi connectivity index (χ0v) is 20.1. The Balaban J connectivity index is 0.00000392. The van der Waals surface area contributed by atoms with E-state index in [-0.39, 0.29) is 35.8 Å². The van der Waals surface area contributed by atoms with E-state index in [2.05, 4.69) is 20.6 Å². The molecular weight excluding hydrogens is 491 g/mol. The molecule has 1 aromatic rings. The zero-order valence-electron chi connectivity index (χ0n) is 17.0. The number of nitrogens with one attached hydrogen (secondary N) is 2. The van der Waals surface area contributed by atoms with Gasteiger partial charge in [-0.15, -0.1) is 24.0 Å². The lowest BCUT2D eigenvalue weighted by atomic mass is 9.98. The highest BCUT2D eigenvalue weighted by Gasteiger charge is 2.15. The van der Waals surface area contributed by atoms with Gasteiger partial charge in [-0.1, -0.05) is 12.5 Å². The minimum absolute atomic E-state index is 0. The van der Waals surface area contributed by atoms with Crippen LogP contribution in [-0.4, -0.2) is 50.6 Å². The van der Waals surface area contributed by atoms with Gasteiger partial charge in [-0.3, -0.25) is 4.99 Å². The van der Waals surface area contributed by atoms with E-state index in [0.29, 0.717) is 30.9 Å². The summed E-state index contributed by atoms with van der Waals surface area (Å²) in [5.41, 5.74) is 1.03. The van der Waals surface area contributed by atoms with E-state index in [1.54, 1.807) is 7.05 Å². The molecule has 160 valence electrons. The summed E-state index contributed by atoms with van der Waals surface area (Å²) in [6, 6.07) is 3.92. The largest absolute Gasteiger partial charge is 0.474 e. The fourth-order valence-electron chi connectivity index (χ4n) is 3.02. The molecule has 9 heteroatoms. The van der Waals surface area contributed by atoms with Crippen molar-refractivity contribution >= 4 is 39.8 Å². The van der Waals surface area contributed by atoms with Crippen molar-refractivity contribution in [2.45, 2.75) is 64.1 Å². The van der Waals surface area contributed by atoms with Crippen LogP contribution in [0.3, 0.4) is 0 Å². The van der Waals surface area contributed by atoms with Crippen LogP contribution in [0, 0.1) is 0 Å². The molecule has 1 fully saturated rings. The van der Waals surface area contributed by atoms with E-state index in [1.807, 2.05) is 25.3 Å². The Morgan fingerprint density at radius 3 is 2.61 bits per heavy atom. The summed E-state index contributed by atoms with van der Waals surface area (Å²) in [7, 11) is -1.26. The van der Waals surface area contributed by atoms with Crippen molar-refractivity contribution in [3.8, 4) is 5.88 Å². The van der Waals surface area contributed by atoms with Crippen LogP contribution in [-0.2, 0) is 16.4 Å². The van der Waals surface area contributed by atoms with Crippen molar-refractivity contribution in [2.75, 3.05) is 19.1 Å². The lowest BCUT2D eigenvalue weighted by Crippen LogP contribution is -2.42. The van der Waals surface area contributed by atoms with Crippen LogP contribution in [0.1, 0.15) is 51.0 Å². The number of sulfone groups is 1. The Morgan fingerprint density at radius 1 is 1.32 bits per heavy atom. The fraction of sp³-hybridized carbons (Fsp3) is 0.684. The average Bonchev–Trinajstić information content (AvgIpc) is 2.65. The van der Waals surface area contributed by atoms with Crippen molar-refractivity contribution in [1.29, 1.82) is 0 Å². The van der Waals surface area contributed by atoms with E-state index in [0.717, 1.165) is 18.4 Å². The summed E-state index contributed by atoms with van der Waals surface area (Å²) in [4.78, 5) is 8.59. The van der Waals surface area contributed by atoms with E-state index >= 15 is 0 Å². The fourth-order valence-corrected chi connectivity index (χ4v) is 3.80. The molecule has 0 aromatic carbocycles. The zero-order chi connectivity index (χ0) is 19.7. The number of halogens is 1. The molecule has 1 aliphatic rings. The third-order valence-electron chi connectivity index (χ3n) is 4.63. The van der Waals surface area contributed by atoms with Gasteiger partial charge in [-0.05, 0) is 44.6 Å². The van der Waals surface area contributed by atoms with E-state index in [9.17, 15) is 8.42 Å². The molecular formula is C19H33IN4O3S. The molecule has 1 unspecified atom stereocenters. The number of aliphatic imine (C=N–C) groups is 1. The molecule has 1 heterocycles. The number of hydrogen-bond acceptors (Lipinski definition) is 5. The molecule has 1 atom stereocenters. The first-order valence-corrected chi connectivity index (χ1v) is 11.7. The first-order valence-electron chi connectivity index (χ1n) is 9.62. The van der Waals surface area contributed by atoms with Crippen LogP contribution in [0.25, 0.3) is 0 Å². The maximum Gasteiger partial charge on any atom is 0.213 e. The monoisotopic (exact) mass is 524 g/mol. The van der Waals surface area contributed by atoms with Crippen molar-refractivity contribution in [2.24, 2.45) is 4.99 Å². The van der Waals surface area contributed by atoms with Crippen molar-refractivity contribution in [1.82, 2.24) is 15.6 Å². The molecule has 0 saturated heterocycles. The van der Waals surface area contributed by atoms with Crippen LogP contribution >= 0.6 is 24.0 Å². The van der Waals surface area contributed by atoms with Crippen LogP contribution in [0.5, 0.6) is 5.88 Å². The SMILES string of the molecule is CN=C(NCc1ccc(OC2CCCCC2)nc1)NC(C)CCS(C)(=O)=O.I. The van der Waals surface area contributed by atoms with Gasteiger partial charge in [0.15, 0.2) is 5.96 Å². The number of ether oxygens (including phenoxy) is 1. The second-order valence-electron chi connectivity index (χ2n) is 7.27. The molecule has 0 amide bonds. The average molecular weight is 524 g/mol. The lowest BCUT2D eigenvalue weighted by Gasteiger charge is -2.22. The van der Waals surface area contributed by atoms with Gasteiger partial charge in [0.2, 0.25) is 5.88 Å². The molecule has 7 nitrogen and oxygen atoms in total. The third kappa shape index (κ3) is 9.90. The first kappa shape index (κ1) is 24.9. The quantitative estimate of drug-likeness (QED) is 0.309. The van der Waals surface area contributed by atoms with Crippen LogP contribution in [0.15, 0.2) is 23.3 Å². The normalized spacial score (nSPS) is 16.8.